The summed E-state index contributed by atoms with van der Waals surface area (Å²) in [7, 11) is 0. The summed E-state index contributed by atoms with van der Waals surface area (Å²) in [4.78, 5) is 25.8. The third-order valence-electron chi connectivity index (χ3n) is 7.37. The highest BCUT2D eigenvalue weighted by atomic mass is 32.1. The number of unbranched alkanes of at least 4 members (excludes halogenated alkanes) is 11. The van der Waals surface area contributed by atoms with Gasteiger partial charge in [-0.2, -0.15) is 4.57 Å². The summed E-state index contributed by atoms with van der Waals surface area (Å²) in [5, 5.41) is 5.18. The van der Waals surface area contributed by atoms with Crippen molar-refractivity contribution >= 4 is 28.7 Å². The number of nitrogens with one attached hydrogen (secondary N) is 1. The maximum absolute atomic E-state index is 13.5. The molecule has 216 valence electrons. The van der Waals surface area contributed by atoms with Crippen LogP contribution in [-0.4, -0.2) is 18.3 Å². The number of aryl methyl sites for hydroxylation is 1. The van der Waals surface area contributed by atoms with Crippen LogP contribution in [0.25, 0.3) is 0 Å². The molecule has 0 bridgehead atoms. The maximum Gasteiger partial charge on any atom is 0.259 e. The average molecular weight is 564 g/mol. The van der Waals surface area contributed by atoms with Crippen molar-refractivity contribution in [3.8, 4) is 5.75 Å². The first-order valence-electron chi connectivity index (χ1n) is 15.1. The van der Waals surface area contributed by atoms with Gasteiger partial charge in [-0.15, -0.1) is 0 Å². The van der Waals surface area contributed by atoms with E-state index in [-0.39, 0.29) is 11.7 Å². The Hall–Kier alpha value is -2.99. The molecule has 0 aliphatic rings. The van der Waals surface area contributed by atoms with Crippen LogP contribution in [0.3, 0.4) is 0 Å². The molecule has 0 fully saturated rings. The maximum atomic E-state index is 13.5. The number of amides is 1. The third kappa shape index (κ3) is 10.2. The number of para-hydroxylation sites is 2. The summed E-state index contributed by atoms with van der Waals surface area (Å²) in [5.74, 6) is 0.00692. The molecule has 0 aliphatic heterocycles. The monoisotopic (exact) mass is 563 g/mol. The van der Waals surface area contributed by atoms with E-state index in [0.717, 1.165) is 24.1 Å². The number of carbonyl (C=O) groups excluding carboxylic acids is 2. The molecule has 0 atom stereocenters. The second-order valence-electron chi connectivity index (χ2n) is 10.7. The molecule has 5 nitrogen and oxygen atoms in total. The van der Waals surface area contributed by atoms with Crippen molar-refractivity contribution in [3.63, 3.8) is 0 Å². The van der Waals surface area contributed by atoms with Gasteiger partial charge in [0.2, 0.25) is 5.51 Å². The zero-order valence-electron chi connectivity index (χ0n) is 24.7. The molecule has 2 aromatic carbocycles. The fourth-order valence-corrected chi connectivity index (χ4v) is 5.72. The molecule has 1 N–H and O–H groups in total. The Kier molecular flexibility index (Phi) is 13.9. The molecule has 40 heavy (non-hydrogen) atoms. The summed E-state index contributed by atoms with van der Waals surface area (Å²) in [6, 6.07) is 13.1. The van der Waals surface area contributed by atoms with Gasteiger partial charge in [-0.3, -0.25) is 9.59 Å². The van der Waals surface area contributed by atoms with Crippen LogP contribution < -0.4 is 14.6 Å². The average Bonchev–Trinajstić information content (AvgIpc) is 3.36. The number of hydrogen-bond donors (Lipinski definition) is 1. The largest absolute Gasteiger partial charge is 0.492 e. The lowest BCUT2D eigenvalue weighted by Gasteiger charge is -2.15. The minimum atomic E-state index is -0.271. The molecule has 0 unspecified atom stereocenters. The molecular formula is C34H47N2O3S+. The number of nitrogens with zero attached hydrogens (tertiary/aromatic N) is 1. The van der Waals surface area contributed by atoms with E-state index in [1.54, 1.807) is 29.5 Å². The van der Waals surface area contributed by atoms with E-state index in [1.165, 1.54) is 76.8 Å². The van der Waals surface area contributed by atoms with E-state index in [9.17, 15) is 9.59 Å². The van der Waals surface area contributed by atoms with Gasteiger partial charge in [-0.05, 0) is 31.5 Å². The fraction of sp³-hybridized carbons (Fsp3) is 0.500. The SMILES string of the molecule is CCCCCCCCCCCCCCOc1c(C(C)=O)cccc1C(=O)Nc1ccccc1C[n+]1cscc1C. The minimum Gasteiger partial charge on any atom is -0.492 e. The van der Waals surface area contributed by atoms with Crippen LogP contribution in [0.4, 0.5) is 5.69 Å². The molecule has 0 radical (unpaired) electrons. The molecule has 0 saturated carbocycles. The Bertz CT molecular complexity index is 1200. The lowest BCUT2D eigenvalue weighted by molar-refractivity contribution is -0.689. The summed E-state index contributed by atoms with van der Waals surface area (Å²) in [5.41, 5.74) is 5.86. The van der Waals surface area contributed by atoms with Gasteiger partial charge in [0, 0.05) is 12.5 Å². The van der Waals surface area contributed by atoms with Crippen molar-refractivity contribution in [1.82, 2.24) is 0 Å². The summed E-state index contributed by atoms with van der Waals surface area (Å²) < 4.78 is 8.29. The summed E-state index contributed by atoms with van der Waals surface area (Å²) in [6.07, 6.45) is 15.3. The van der Waals surface area contributed by atoms with Gasteiger partial charge >= 0.3 is 0 Å². The van der Waals surface area contributed by atoms with E-state index in [1.807, 2.05) is 24.3 Å². The summed E-state index contributed by atoms with van der Waals surface area (Å²) >= 11 is 1.65. The van der Waals surface area contributed by atoms with Gasteiger partial charge in [0.25, 0.3) is 5.91 Å². The second-order valence-corrected chi connectivity index (χ2v) is 11.4. The number of hydrogen-bond acceptors (Lipinski definition) is 4. The molecule has 3 rings (SSSR count). The zero-order valence-corrected chi connectivity index (χ0v) is 25.5. The van der Waals surface area contributed by atoms with E-state index in [0.29, 0.717) is 30.0 Å². The van der Waals surface area contributed by atoms with Crippen LogP contribution in [0.1, 0.15) is 123 Å². The highest BCUT2D eigenvalue weighted by Crippen LogP contribution is 2.27. The number of benzene rings is 2. The summed E-state index contributed by atoms with van der Waals surface area (Å²) in [6.45, 7) is 7.01. The Morgan fingerprint density at radius 1 is 0.825 bits per heavy atom. The van der Waals surface area contributed by atoms with Gasteiger partial charge in [-0.1, -0.05) is 113 Å². The minimum absolute atomic E-state index is 0.107. The first-order chi connectivity index (χ1) is 19.5. The van der Waals surface area contributed by atoms with E-state index < -0.39 is 0 Å². The molecule has 1 heterocycles. The van der Waals surface area contributed by atoms with E-state index in [2.05, 4.69) is 34.6 Å². The number of thiazole rings is 1. The quantitative estimate of drug-likeness (QED) is 0.0900. The van der Waals surface area contributed by atoms with E-state index in [4.69, 9.17) is 4.74 Å². The molecular weight excluding hydrogens is 516 g/mol. The van der Waals surface area contributed by atoms with Crippen LogP contribution >= 0.6 is 11.3 Å². The van der Waals surface area contributed by atoms with Gasteiger partial charge in [0.1, 0.15) is 5.75 Å². The molecule has 0 spiro atoms. The van der Waals surface area contributed by atoms with Gasteiger partial charge in [0.15, 0.2) is 18.0 Å². The topological polar surface area (TPSA) is 59.3 Å². The van der Waals surface area contributed by atoms with Crippen LogP contribution in [0.5, 0.6) is 5.75 Å². The normalized spacial score (nSPS) is 11.0. The lowest BCUT2D eigenvalue weighted by atomic mass is 10.0. The van der Waals surface area contributed by atoms with Crippen LogP contribution in [-0.2, 0) is 6.54 Å². The lowest BCUT2D eigenvalue weighted by Crippen LogP contribution is -2.34. The smallest absolute Gasteiger partial charge is 0.259 e. The van der Waals surface area contributed by atoms with Crippen molar-refractivity contribution in [3.05, 3.63) is 75.7 Å². The van der Waals surface area contributed by atoms with Gasteiger partial charge in [-0.25, -0.2) is 0 Å². The number of ether oxygens (including phenoxy) is 1. The number of ketones is 1. The Labute approximate surface area is 245 Å². The van der Waals surface area contributed by atoms with Crippen LogP contribution in [0.2, 0.25) is 0 Å². The number of Topliss-reactive ketones (excluding diaryl/α,β-unsaturated/α-hetero) is 1. The molecule has 6 heteroatoms. The number of rotatable bonds is 19. The highest BCUT2D eigenvalue weighted by molar-refractivity contribution is 7.07. The van der Waals surface area contributed by atoms with Crippen molar-refractivity contribution in [2.75, 3.05) is 11.9 Å². The molecule has 1 amide bonds. The first-order valence-corrected chi connectivity index (χ1v) is 16.0. The third-order valence-corrected chi connectivity index (χ3v) is 8.22. The van der Waals surface area contributed by atoms with Crippen molar-refractivity contribution in [2.45, 2.75) is 104 Å². The fourth-order valence-electron chi connectivity index (χ4n) is 4.93. The van der Waals surface area contributed by atoms with Crippen molar-refractivity contribution in [1.29, 1.82) is 0 Å². The molecule has 1 aromatic heterocycles. The number of aromatic nitrogens is 1. The highest BCUT2D eigenvalue weighted by Gasteiger charge is 2.20. The second kappa shape index (κ2) is 17.6. The van der Waals surface area contributed by atoms with Crippen molar-refractivity contribution < 1.29 is 18.9 Å². The van der Waals surface area contributed by atoms with Gasteiger partial charge in [0.05, 0.1) is 28.8 Å². The molecule has 0 aliphatic carbocycles. The zero-order chi connectivity index (χ0) is 28.6. The first kappa shape index (κ1) is 31.5. The van der Waals surface area contributed by atoms with Crippen LogP contribution in [0.15, 0.2) is 53.4 Å². The van der Waals surface area contributed by atoms with Gasteiger partial charge < -0.3 is 10.1 Å². The predicted octanol–water partition coefficient (Wildman–Crippen LogP) is 8.93. The number of anilines is 1. The van der Waals surface area contributed by atoms with Crippen molar-refractivity contribution in [2.24, 2.45) is 0 Å². The standard InChI is InChI=1S/C34H46N2O3S/c1-4-5-6-7-8-9-10-11-12-13-14-17-23-39-33-30(28(3)37)20-18-21-31(33)34(38)35-32-22-16-15-19-29(32)24-36-26-40-25-27(36)2/h15-16,18-22,25-26H,4-14,17,23-24H2,1-3H3/p+1. The Balaban J connectivity index is 1.52. The van der Waals surface area contributed by atoms with Crippen LogP contribution in [0, 0.1) is 6.92 Å². The number of carbonyl (C=O) groups is 2. The Morgan fingerprint density at radius 2 is 1.45 bits per heavy atom. The molecule has 0 saturated heterocycles. The molecule has 3 aromatic rings. The van der Waals surface area contributed by atoms with E-state index >= 15 is 0 Å². The Morgan fingerprint density at radius 3 is 2.08 bits per heavy atom. The predicted molar refractivity (Wildman–Crippen MR) is 166 cm³/mol.